The number of rotatable bonds is 4. The third kappa shape index (κ3) is 2.93. The van der Waals surface area contributed by atoms with Crippen molar-refractivity contribution in [2.24, 2.45) is 7.05 Å². The minimum atomic E-state index is 1.03. The molecule has 5 rings (SSSR count). The molecule has 0 unspecified atom stereocenters. The molecule has 4 aromatic rings. The molecule has 28 heavy (non-hydrogen) atoms. The second kappa shape index (κ2) is 6.94. The second-order valence-corrected chi connectivity index (χ2v) is 8.10. The van der Waals surface area contributed by atoms with Crippen LogP contribution in [0.5, 0.6) is 0 Å². The topological polar surface area (TPSA) is 8.81 Å². The SMILES string of the molecule is CCCCc1cccc(-n2c[n+](C)c3cc4c(cc32)Cc2ccccc2C4)c1. The summed E-state index contributed by atoms with van der Waals surface area (Å²) >= 11 is 0. The van der Waals surface area contributed by atoms with Crippen molar-refractivity contribution in [3.05, 3.63) is 94.8 Å². The summed E-state index contributed by atoms with van der Waals surface area (Å²) in [7, 11) is 2.16. The van der Waals surface area contributed by atoms with Crippen molar-refractivity contribution < 1.29 is 4.57 Å². The van der Waals surface area contributed by atoms with Gasteiger partial charge in [0.05, 0.1) is 7.05 Å². The van der Waals surface area contributed by atoms with Gasteiger partial charge in [-0.3, -0.25) is 0 Å². The average molecular weight is 368 g/mol. The number of fused-ring (bicyclic) bond motifs is 3. The highest BCUT2D eigenvalue weighted by molar-refractivity contribution is 5.77. The van der Waals surface area contributed by atoms with Crippen LogP contribution in [0.25, 0.3) is 16.7 Å². The van der Waals surface area contributed by atoms with Crippen LogP contribution in [0.15, 0.2) is 67.0 Å². The second-order valence-electron chi connectivity index (χ2n) is 8.10. The van der Waals surface area contributed by atoms with Gasteiger partial charge in [0.1, 0.15) is 5.69 Å². The first-order valence-electron chi connectivity index (χ1n) is 10.4. The van der Waals surface area contributed by atoms with E-state index in [2.05, 4.69) is 90.1 Å². The van der Waals surface area contributed by atoms with Crippen molar-refractivity contribution in [3.8, 4) is 5.69 Å². The normalized spacial score (nSPS) is 12.8. The van der Waals surface area contributed by atoms with Gasteiger partial charge in [0.2, 0.25) is 6.33 Å². The molecule has 0 radical (unpaired) electrons. The molecular weight excluding hydrogens is 340 g/mol. The van der Waals surface area contributed by atoms with Crippen molar-refractivity contribution in [1.82, 2.24) is 4.57 Å². The molecule has 0 amide bonds. The zero-order chi connectivity index (χ0) is 19.1. The predicted octanol–water partition coefficient (Wildman–Crippen LogP) is 5.29. The van der Waals surface area contributed by atoms with Gasteiger partial charge < -0.3 is 0 Å². The molecule has 0 aliphatic heterocycles. The average Bonchev–Trinajstić information content (AvgIpc) is 3.05. The van der Waals surface area contributed by atoms with E-state index >= 15 is 0 Å². The molecule has 0 atom stereocenters. The lowest BCUT2D eigenvalue weighted by Crippen LogP contribution is -2.25. The van der Waals surface area contributed by atoms with Crippen LogP contribution in [0.1, 0.15) is 47.6 Å². The first kappa shape index (κ1) is 17.2. The van der Waals surface area contributed by atoms with Crippen molar-refractivity contribution >= 4 is 11.0 Å². The van der Waals surface area contributed by atoms with E-state index in [4.69, 9.17) is 0 Å². The minimum Gasteiger partial charge on any atom is -0.232 e. The smallest absolute Gasteiger partial charge is 0.232 e. The van der Waals surface area contributed by atoms with Crippen molar-refractivity contribution in [2.45, 2.75) is 39.0 Å². The third-order valence-corrected chi connectivity index (χ3v) is 6.11. The maximum atomic E-state index is 2.42. The fourth-order valence-electron chi connectivity index (χ4n) is 4.53. The molecule has 1 aromatic heterocycles. The lowest BCUT2D eigenvalue weighted by atomic mass is 9.86. The number of imidazole rings is 1. The molecule has 0 fully saturated rings. The van der Waals surface area contributed by atoms with E-state index < -0.39 is 0 Å². The lowest BCUT2D eigenvalue weighted by molar-refractivity contribution is -0.645. The summed E-state index contributed by atoms with van der Waals surface area (Å²) in [6.07, 6.45) is 7.94. The molecule has 0 saturated heterocycles. The molecule has 2 heteroatoms. The van der Waals surface area contributed by atoms with Crippen LogP contribution in [-0.2, 0) is 26.3 Å². The van der Waals surface area contributed by atoms with Gasteiger partial charge in [-0.05, 0) is 77.8 Å². The molecule has 0 spiro atoms. The Morgan fingerprint density at radius 2 is 1.61 bits per heavy atom. The maximum absolute atomic E-state index is 2.42. The summed E-state index contributed by atoms with van der Waals surface area (Å²) in [5, 5.41) is 0. The Bertz CT molecular complexity index is 1170. The summed E-state index contributed by atoms with van der Waals surface area (Å²) in [4.78, 5) is 0. The van der Waals surface area contributed by atoms with E-state index in [0.29, 0.717) is 0 Å². The van der Waals surface area contributed by atoms with Crippen LogP contribution < -0.4 is 4.57 Å². The first-order valence-corrected chi connectivity index (χ1v) is 10.4. The first-order chi connectivity index (χ1) is 13.7. The molecule has 140 valence electrons. The quantitative estimate of drug-likeness (QED) is 0.382. The standard InChI is InChI=1S/C26H27N2/c1-3-4-8-19-9-7-12-24(13-19)28-18-27(2)25-16-22-14-20-10-5-6-11-21(20)15-23(22)17-26(25)28/h5-7,9-13,16-18H,3-4,8,14-15H2,1-2H3/q+1. The number of unbranched alkanes of at least 4 members (excludes halogenated alkanes) is 1. The molecule has 2 nitrogen and oxygen atoms in total. The number of hydrogen-bond donors (Lipinski definition) is 0. The molecular formula is C26H27N2+. The summed E-state index contributed by atoms with van der Waals surface area (Å²) in [6.45, 7) is 2.25. The zero-order valence-corrected chi connectivity index (χ0v) is 16.8. The van der Waals surface area contributed by atoms with Gasteiger partial charge in [-0.1, -0.05) is 49.7 Å². The minimum absolute atomic E-state index is 1.03. The van der Waals surface area contributed by atoms with E-state index in [-0.39, 0.29) is 0 Å². The Kier molecular flexibility index (Phi) is 4.27. The third-order valence-electron chi connectivity index (χ3n) is 6.11. The Morgan fingerprint density at radius 1 is 0.857 bits per heavy atom. The van der Waals surface area contributed by atoms with Gasteiger partial charge in [0, 0.05) is 0 Å². The number of aryl methyl sites for hydroxylation is 2. The van der Waals surface area contributed by atoms with Crippen LogP contribution >= 0.6 is 0 Å². The monoisotopic (exact) mass is 367 g/mol. The van der Waals surface area contributed by atoms with Gasteiger partial charge >= 0.3 is 0 Å². The highest BCUT2D eigenvalue weighted by Crippen LogP contribution is 2.30. The highest BCUT2D eigenvalue weighted by Gasteiger charge is 2.22. The van der Waals surface area contributed by atoms with Crippen molar-refractivity contribution in [1.29, 1.82) is 0 Å². The number of benzene rings is 3. The van der Waals surface area contributed by atoms with E-state index in [1.54, 1.807) is 0 Å². The summed E-state index contributed by atoms with van der Waals surface area (Å²) < 4.78 is 4.61. The van der Waals surface area contributed by atoms with E-state index in [1.807, 2.05) is 0 Å². The van der Waals surface area contributed by atoms with E-state index in [0.717, 1.165) is 19.3 Å². The fourth-order valence-corrected chi connectivity index (χ4v) is 4.53. The van der Waals surface area contributed by atoms with Gasteiger partial charge in [0.25, 0.3) is 0 Å². The van der Waals surface area contributed by atoms with Crippen LogP contribution in [0.4, 0.5) is 0 Å². The summed E-state index contributed by atoms with van der Waals surface area (Å²) in [5.74, 6) is 0. The zero-order valence-electron chi connectivity index (χ0n) is 16.8. The van der Waals surface area contributed by atoms with Gasteiger partial charge in [0.15, 0.2) is 11.0 Å². The Morgan fingerprint density at radius 3 is 2.36 bits per heavy atom. The maximum Gasteiger partial charge on any atom is 0.249 e. The summed E-state index contributed by atoms with van der Waals surface area (Å²) in [6, 6.07) is 22.7. The summed E-state index contributed by atoms with van der Waals surface area (Å²) in [5.41, 5.74) is 11.2. The van der Waals surface area contributed by atoms with E-state index in [9.17, 15) is 0 Å². The molecule has 0 N–H and O–H groups in total. The Balaban J connectivity index is 1.61. The largest absolute Gasteiger partial charge is 0.249 e. The van der Waals surface area contributed by atoms with Gasteiger partial charge in [-0.15, -0.1) is 0 Å². The predicted molar refractivity (Wildman–Crippen MR) is 115 cm³/mol. The lowest BCUT2D eigenvalue weighted by Gasteiger charge is -2.19. The molecule has 1 aliphatic carbocycles. The fraction of sp³-hybridized carbons (Fsp3) is 0.269. The molecule has 1 aliphatic rings. The van der Waals surface area contributed by atoms with Crippen molar-refractivity contribution in [3.63, 3.8) is 0 Å². The Labute approximate surface area is 167 Å². The number of aromatic nitrogens is 2. The van der Waals surface area contributed by atoms with Gasteiger partial charge in [-0.25, -0.2) is 4.57 Å². The van der Waals surface area contributed by atoms with Crippen LogP contribution in [0, 0.1) is 0 Å². The molecule has 0 saturated carbocycles. The number of nitrogens with zero attached hydrogens (tertiary/aromatic N) is 2. The van der Waals surface area contributed by atoms with Gasteiger partial charge in [-0.2, -0.15) is 4.57 Å². The van der Waals surface area contributed by atoms with Crippen LogP contribution in [0.3, 0.4) is 0 Å². The van der Waals surface area contributed by atoms with Crippen LogP contribution in [-0.4, -0.2) is 4.57 Å². The molecule has 3 aromatic carbocycles. The van der Waals surface area contributed by atoms with Crippen LogP contribution in [0.2, 0.25) is 0 Å². The van der Waals surface area contributed by atoms with Crippen molar-refractivity contribution in [2.75, 3.05) is 0 Å². The Hall–Kier alpha value is -2.87. The number of hydrogen-bond acceptors (Lipinski definition) is 0. The molecule has 1 heterocycles. The van der Waals surface area contributed by atoms with E-state index in [1.165, 1.54) is 57.4 Å². The molecule has 0 bridgehead atoms. The highest BCUT2D eigenvalue weighted by atomic mass is 15.1.